The molecule has 0 aromatic heterocycles. The highest BCUT2D eigenvalue weighted by Crippen LogP contribution is 2.22. The van der Waals surface area contributed by atoms with Crippen molar-refractivity contribution in [3.63, 3.8) is 0 Å². The minimum Gasteiger partial charge on any atom is -0.353 e. The maximum absolute atomic E-state index is 11.6. The van der Waals surface area contributed by atoms with Gasteiger partial charge in [0.25, 0.3) is 0 Å². The van der Waals surface area contributed by atoms with Gasteiger partial charge >= 0.3 is 0 Å². The zero-order chi connectivity index (χ0) is 10.6. The summed E-state index contributed by atoms with van der Waals surface area (Å²) < 4.78 is 0. The number of amides is 1. The topological polar surface area (TPSA) is 29.1 Å². The van der Waals surface area contributed by atoms with Gasteiger partial charge in [0.15, 0.2) is 0 Å². The lowest BCUT2D eigenvalue weighted by Crippen LogP contribution is -2.32. The third-order valence-corrected chi connectivity index (χ3v) is 2.70. The Hall–Kier alpha value is -0.830. The number of carbonyl (C=O) groups is 1. The number of carbonyl (C=O) groups excluding carboxylic acids is 1. The average Bonchev–Trinajstić information content (AvgIpc) is 2.17. The standard InChI is InChI=1S/C11H14BrNO/c1-8(2)13-11(14)10(12)9-6-4-3-5-7-9/h3-8,10H,1-2H3,(H,13,14). The van der Waals surface area contributed by atoms with Crippen LogP contribution in [0.5, 0.6) is 0 Å². The van der Waals surface area contributed by atoms with Gasteiger partial charge in [0, 0.05) is 6.04 Å². The van der Waals surface area contributed by atoms with E-state index in [-0.39, 0.29) is 16.8 Å². The van der Waals surface area contributed by atoms with Crippen molar-refractivity contribution in [1.29, 1.82) is 0 Å². The molecule has 0 aliphatic heterocycles. The highest BCUT2D eigenvalue weighted by Gasteiger charge is 2.16. The van der Waals surface area contributed by atoms with Gasteiger partial charge < -0.3 is 5.32 Å². The predicted molar refractivity (Wildman–Crippen MR) is 61.4 cm³/mol. The molecule has 1 aromatic rings. The predicted octanol–water partition coefficient (Wildman–Crippen LogP) is 2.65. The molecule has 1 rings (SSSR count). The third-order valence-electron chi connectivity index (χ3n) is 1.75. The molecule has 2 nitrogen and oxygen atoms in total. The second-order valence-electron chi connectivity index (χ2n) is 3.44. The van der Waals surface area contributed by atoms with Gasteiger partial charge in [0.1, 0.15) is 4.83 Å². The summed E-state index contributed by atoms with van der Waals surface area (Å²) in [5.74, 6) is 0.00574. The van der Waals surface area contributed by atoms with Crippen LogP contribution in [0.4, 0.5) is 0 Å². The van der Waals surface area contributed by atoms with E-state index in [9.17, 15) is 4.79 Å². The number of hydrogen-bond acceptors (Lipinski definition) is 1. The van der Waals surface area contributed by atoms with E-state index in [4.69, 9.17) is 0 Å². The Bertz CT molecular complexity index is 297. The van der Waals surface area contributed by atoms with E-state index in [0.29, 0.717) is 0 Å². The van der Waals surface area contributed by atoms with Crippen LogP contribution in [-0.2, 0) is 4.79 Å². The Kier molecular flexibility index (Phi) is 4.14. The van der Waals surface area contributed by atoms with Crippen molar-refractivity contribution in [1.82, 2.24) is 5.32 Å². The van der Waals surface area contributed by atoms with Crippen LogP contribution in [0.3, 0.4) is 0 Å². The van der Waals surface area contributed by atoms with Crippen molar-refractivity contribution in [2.24, 2.45) is 0 Å². The molecule has 0 spiro atoms. The molecule has 0 saturated carbocycles. The lowest BCUT2D eigenvalue weighted by Gasteiger charge is -2.13. The molecule has 1 atom stereocenters. The van der Waals surface area contributed by atoms with E-state index in [0.717, 1.165) is 5.56 Å². The van der Waals surface area contributed by atoms with Crippen molar-refractivity contribution in [2.75, 3.05) is 0 Å². The zero-order valence-corrected chi connectivity index (χ0v) is 9.91. The number of benzene rings is 1. The van der Waals surface area contributed by atoms with Crippen LogP contribution in [0.25, 0.3) is 0 Å². The minimum atomic E-state index is -0.258. The average molecular weight is 256 g/mol. The second-order valence-corrected chi connectivity index (χ2v) is 4.35. The zero-order valence-electron chi connectivity index (χ0n) is 8.33. The first-order valence-corrected chi connectivity index (χ1v) is 5.52. The molecule has 14 heavy (non-hydrogen) atoms. The molecule has 1 N–H and O–H groups in total. The van der Waals surface area contributed by atoms with Gasteiger partial charge in [-0.25, -0.2) is 0 Å². The van der Waals surface area contributed by atoms with Crippen LogP contribution >= 0.6 is 15.9 Å². The third kappa shape index (κ3) is 3.14. The fraction of sp³-hybridized carbons (Fsp3) is 0.364. The Morgan fingerprint density at radius 2 is 1.86 bits per heavy atom. The summed E-state index contributed by atoms with van der Waals surface area (Å²) >= 11 is 3.37. The molecule has 0 aliphatic rings. The number of alkyl halides is 1. The smallest absolute Gasteiger partial charge is 0.238 e. The maximum atomic E-state index is 11.6. The van der Waals surface area contributed by atoms with Gasteiger partial charge in [-0.1, -0.05) is 46.3 Å². The minimum absolute atomic E-state index is 0.00574. The fourth-order valence-electron chi connectivity index (χ4n) is 1.13. The van der Waals surface area contributed by atoms with Crippen LogP contribution in [0.2, 0.25) is 0 Å². The molecule has 3 heteroatoms. The summed E-state index contributed by atoms with van der Waals surface area (Å²) in [6.45, 7) is 3.89. The summed E-state index contributed by atoms with van der Waals surface area (Å²) in [5, 5.41) is 2.86. The SMILES string of the molecule is CC(C)NC(=O)C(Br)c1ccccc1. The summed E-state index contributed by atoms with van der Waals surface area (Å²) in [4.78, 5) is 11.3. The van der Waals surface area contributed by atoms with E-state index < -0.39 is 0 Å². The first-order chi connectivity index (χ1) is 6.61. The van der Waals surface area contributed by atoms with Crippen LogP contribution in [0.1, 0.15) is 24.2 Å². The van der Waals surface area contributed by atoms with E-state index in [2.05, 4.69) is 21.2 Å². The summed E-state index contributed by atoms with van der Waals surface area (Å²) in [5.41, 5.74) is 0.977. The molecule has 1 amide bonds. The Labute approximate surface area is 92.8 Å². The first-order valence-electron chi connectivity index (χ1n) is 4.60. The molecular weight excluding hydrogens is 242 g/mol. The van der Waals surface area contributed by atoms with E-state index in [1.165, 1.54) is 0 Å². The second kappa shape index (κ2) is 5.15. The van der Waals surface area contributed by atoms with Gasteiger partial charge in [0.2, 0.25) is 5.91 Å². The summed E-state index contributed by atoms with van der Waals surface area (Å²) in [6, 6.07) is 9.81. The lowest BCUT2D eigenvalue weighted by molar-refractivity contribution is -0.121. The molecular formula is C11H14BrNO. The van der Waals surface area contributed by atoms with E-state index in [1.807, 2.05) is 44.2 Å². The lowest BCUT2D eigenvalue weighted by atomic mass is 10.1. The normalized spacial score (nSPS) is 12.6. The quantitative estimate of drug-likeness (QED) is 0.827. The molecule has 0 saturated heterocycles. The van der Waals surface area contributed by atoms with Crippen LogP contribution in [0, 0.1) is 0 Å². The van der Waals surface area contributed by atoms with E-state index >= 15 is 0 Å². The van der Waals surface area contributed by atoms with Crippen molar-refractivity contribution in [2.45, 2.75) is 24.7 Å². The largest absolute Gasteiger partial charge is 0.353 e. The van der Waals surface area contributed by atoms with Crippen molar-refractivity contribution in [3.8, 4) is 0 Å². The Morgan fingerprint density at radius 3 is 2.36 bits per heavy atom. The molecule has 0 heterocycles. The van der Waals surface area contributed by atoms with Crippen molar-refractivity contribution in [3.05, 3.63) is 35.9 Å². The number of rotatable bonds is 3. The maximum Gasteiger partial charge on any atom is 0.238 e. The first kappa shape index (κ1) is 11.2. The molecule has 1 unspecified atom stereocenters. The number of hydrogen-bond donors (Lipinski definition) is 1. The molecule has 0 radical (unpaired) electrons. The molecule has 1 aromatic carbocycles. The number of nitrogens with one attached hydrogen (secondary N) is 1. The van der Waals surface area contributed by atoms with Gasteiger partial charge in [-0.15, -0.1) is 0 Å². The van der Waals surface area contributed by atoms with Crippen molar-refractivity contribution >= 4 is 21.8 Å². The highest BCUT2D eigenvalue weighted by molar-refractivity contribution is 9.09. The van der Waals surface area contributed by atoms with E-state index in [1.54, 1.807) is 0 Å². The molecule has 0 fully saturated rings. The Balaban J connectivity index is 2.66. The van der Waals surface area contributed by atoms with Crippen LogP contribution in [-0.4, -0.2) is 11.9 Å². The highest BCUT2D eigenvalue weighted by atomic mass is 79.9. The molecule has 0 aliphatic carbocycles. The van der Waals surface area contributed by atoms with Crippen LogP contribution < -0.4 is 5.32 Å². The summed E-state index contributed by atoms with van der Waals surface area (Å²) in [7, 11) is 0. The monoisotopic (exact) mass is 255 g/mol. The van der Waals surface area contributed by atoms with Gasteiger partial charge in [0.05, 0.1) is 0 Å². The van der Waals surface area contributed by atoms with Gasteiger partial charge in [-0.2, -0.15) is 0 Å². The van der Waals surface area contributed by atoms with Gasteiger partial charge in [-0.05, 0) is 19.4 Å². The van der Waals surface area contributed by atoms with Crippen LogP contribution in [0.15, 0.2) is 30.3 Å². The van der Waals surface area contributed by atoms with Gasteiger partial charge in [-0.3, -0.25) is 4.79 Å². The molecule has 0 bridgehead atoms. The Morgan fingerprint density at radius 1 is 1.29 bits per heavy atom. The number of halogens is 1. The molecule has 76 valence electrons. The fourth-order valence-corrected chi connectivity index (χ4v) is 1.57. The van der Waals surface area contributed by atoms with Crippen molar-refractivity contribution < 1.29 is 4.79 Å². The summed E-state index contributed by atoms with van der Waals surface area (Å²) in [6.07, 6.45) is 0.